The highest BCUT2D eigenvalue weighted by Gasteiger charge is 2.18. The predicted octanol–water partition coefficient (Wildman–Crippen LogP) is 4.43. The zero-order valence-corrected chi connectivity index (χ0v) is 15.5. The van der Waals surface area contributed by atoms with Crippen LogP contribution in [-0.4, -0.2) is 36.9 Å². The lowest BCUT2D eigenvalue weighted by molar-refractivity contribution is 0.103. The van der Waals surface area contributed by atoms with Crippen LogP contribution >= 0.6 is 0 Å². The fourth-order valence-corrected chi connectivity index (χ4v) is 4.11. The van der Waals surface area contributed by atoms with Crippen LogP contribution in [0.5, 0.6) is 0 Å². The molecule has 0 atom stereocenters. The normalized spacial score (nSPS) is 17.6. The van der Waals surface area contributed by atoms with Crippen LogP contribution in [0.1, 0.15) is 47.9 Å². The van der Waals surface area contributed by atoms with Crippen LogP contribution in [0.3, 0.4) is 0 Å². The Labute approximate surface area is 156 Å². The maximum absolute atomic E-state index is 5.83. The van der Waals surface area contributed by atoms with E-state index in [9.17, 15) is 0 Å². The molecule has 0 bridgehead atoms. The van der Waals surface area contributed by atoms with Crippen LogP contribution in [0, 0.1) is 0 Å². The minimum absolute atomic E-state index is 0.661. The van der Waals surface area contributed by atoms with E-state index in [-0.39, 0.29) is 0 Å². The number of benzene rings is 2. The molecule has 0 N–H and O–H groups in total. The van der Waals surface area contributed by atoms with E-state index in [1.807, 2.05) is 0 Å². The van der Waals surface area contributed by atoms with Gasteiger partial charge in [-0.2, -0.15) is 0 Å². The third-order valence-electron chi connectivity index (χ3n) is 5.54. The van der Waals surface area contributed by atoms with Crippen LogP contribution in [0.15, 0.2) is 53.7 Å². The quantitative estimate of drug-likeness (QED) is 0.603. The third-order valence-corrected chi connectivity index (χ3v) is 5.54. The van der Waals surface area contributed by atoms with Crippen LogP contribution in [0.4, 0.5) is 0 Å². The summed E-state index contributed by atoms with van der Waals surface area (Å²) in [6.45, 7) is 4.03. The first-order chi connectivity index (χ1) is 12.9. The number of piperidine rings is 1. The van der Waals surface area contributed by atoms with E-state index >= 15 is 0 Å². The van der Waals surface area contributed by atoms with Gasteiger partial charge in [-0.15, -0.1) is 0 Å². The Morgan fingerprint density at radius 2 is 1.38 bits per heavy atom. The molecule has 0 amide bonds. The molecule has 136 valence electrons. The second kappa shape index (κ2) is 8.50. The van der Waals surface area contributed by atoms with E-state index in [2.05, 4.69) is 58.6 Å². The molecule has 1 fully saturated rings. The number of nitrogens with zero attached hydrogens (tertiary/aromatic N) is 2. The van der Waals surface area contributed by atoms with E-state index in [1.54, 1.807) is 0 Å². The summed E-state index contributed by atoms with van der Waals surface area (Å²) >= 11 is 0. The minimum Gasteiger partial charge on any atom is -0.394 e. The lowest BCUT2D eigenvalue weighted by Gasteiger charge is -2.25. The van der Waals surface area contributed by atoms with Gasteiger partial charge < -0.3 is 4.84 Å². The number of hydrogen-bond donors (Lipinski definition) is 0. The molecule has 3 nitrogen and oxygen atoms in total. The molecule has 3 heteroatoms. The molecule has 0 spiro atoms. The van der Waals surface area contributed by atoms with E-state index < -0.39 is 0 Å². The Morgan fingerprint density at radius 3 is 2.04 bits per heavy atom. The van der Waals surface area contributed by atoms with E-state index in [0.717, 1.165) is 25.1 Å². The van der Waals surface area contributed by atoms with Crippen molar-refractivity contribution >= 4 is 5.71 Å². The molecule has 0 unspecified atom stereocenters. The number of hydrogen-bond acceptors (Lipinski definition) is 3. The molecule has 1 heterocycles. The first-order valence-corrected chi connectivity index (χ1v) is 10.0. The Kier molecular flexibility index (Phi) is 5.65. The number of oxime groups is 1. The van der Waals surface area contributed by atoms with Crippen LogP contribution in [-0.2, 0) is 17.7 Å². The van der Waals surface area contributed by atoms with Gasteiger partial charge in [-0.25, -0.2) is 0 Å². The number of likely N-dealkylation sites (tertiary alicyclic amines) is 1. The second-order valence-corrected chi connectivity index (χ2v) is 7.34. The first-order valence-electron chi connectivity index (χ1n) is 10.0. The average molecular weight is 348 g/mol. The summed E-state index contributed by atoms with van der Waals surface area (Å²) < 4.78 is 0. The molecule has 26 heavy (non-hydrogen) atoms. The van der Waals surface area contributed by atoms with Gasteiger partial charge in [0.15, 0.2) is 0 Å². The molecule has 1 aliphatic carbocycles. The highest BCUT2D eigenvalue weighted by atomic mass is 16.6. The maximum atomic E-state index is 5.83. The highest BCUT2D eigenvalue weighted by Crippen LogP contribution is 2.24. The smallest absolute Gasteiger partial charge is 0.129 e. The van der Waals surface area contributed by atoms with Gasteiger partial charge in [0.05, 0.1) is 0 Å². The largest absolute Gasteiger partial charge is 0.394 e. The molecular weight excluding hydrogens is 320 g/mol. The monoisotopic (exact) mass is 348 g/mol. The maximum Gasteiger partial charge on any atom is 0.129 e. The summed E-state index contributed by atoms with van der Waals surface area (Å²) in [6.07, 6.45) is 7.36. The van der Waals surface area contributed by atoms with Crippen molar-refractivity contribution in [2.24, 2.45) is 5.16 Å². The van der Waals surface area contributed by atoms with Crippen molar-refractivity contribution < 1.29 is 4.84 Å². The first kappa shape index (κ1) is 17.3. The van der Waals surface area contributed by atoms with E-state index in [0.29, 0.717) is 6.61 Å². The van der Waals surface area contributed by atoms with Gasteiger partial charge >= 0.3 is 0 Å². The van der Waals surface area contributed by atoms with Gasteiger partial charge in [-0.1, -0.05) is 60.1 Å². The molecular formula is C23H28N2O. The van der Waals surface area contributed by atoms with Crippen molar-refractivity contribution in [1.29, 1.82) is 0 Å². The zero-order valence-electron chi connectivity index (χ0n) is 15.5. The number of rotatable bonds is 4. The van der Waals surface area contributed by atoms with Gasteiger partial charge in [0.25, 0.3) is 0 Å². The molecule has 1 saturated heterocycles. The van der Waals surface area contributed by atoms with Gasteiger partial charge in [-0.3, -0.25) is 4.90 Å². The van der Waals surface area contributed by atoms with Gasteiger partial charge in [0.1, 0.15) is 12.3 Å². The summed E-state index contributed by atoms with van der Waals surface area (Å²) in [5.41, 5.74) is 6.19. The standard InChI is InChI=1S/C23H28N2O/c1-6-15-25(16-7-1)17-18-26-24-23-21-13-4-2-9-19(21)11-8-12-20-10-3-5-14-22(20)23/h2-5,9-10,13-14H,1,6-8,11-12,15-18H2. The van der Waals surface area contributed by atoms with Crippen molar-refractivity contribution in [2.75, 3.05) is 26.2 Å². The fraction of sp³-hybridized carbons (Fsp3) is 0.435. The summed E-state index contributed by atoms with van der Waals surface area (Å²) in [4.78, 5) is 8.32. The topological polar surface area (TPSA) is 24.8 Å². The molecule has 2 aromatic rings. The van der Waals surface area contributed by atoms with Gasteiger partial charge in [0, 0.05) is 17.7 Å². The zero-order chi connectivity index (χ0) is 17.6. The molecule has 0 aromatic heterocycles. The third kappa shape index (κ3) is 3.99. The van der Waals surface area contributed by atoms with Crippen molar-refractivity contribution in [2.45, 2.75) is 38.5 Å². The summed E-state index contributed by atoms with van der Waals surface area (Å²) in [7, 11) is 0. The molecule has 4 rings (SSSR count). The van der Waals surface area contributed by atoms with Gasteiger partial charge in [0.2, 0.25) is 0 Å². The Bertz CT molecular complexity index is 713. The Balaban J connectivity index is 1.56. The van der Waals surface area contributed by atoms with E-state index in [1.165, 1.54) is 61.0 Å². The van der Waals surface area contributed by atoms with E-state index in [4.69, 9.17) is 4.84 Å². The number of fused-ring (bicyclic) bond motifs is 2. The lowest BCUT2D eigenvalue weighted by atomic mass is 9.87. The Morgan fingerprint density at radius 1 is 0.769 bits per heavy atom. The predicted molar refractivity (Wildman–Crippen MR) is 107 cm³/mol. The fourth-order valence-electron chi connectivity index (χ4n) is 4.11. The SMILES string of the molecule is c1ccc2c(c1)CCCc1ccccc1C2=NOCCN1CCCCC1. The summed E-state index contributed by atoms with van der Waals surface area (Å²) in [6, 6.07) is 17.3. The second-order valence-electron chi connectivity index (χ2n) is 7.34. The Hall–Kier alpha value is -2.13. The molecule has 1 aliphatic heterocycles. The molecule has 2 aliphatic rings. The number of aryl methyl sites for hydroxylation is 2. The summed E-state index contributed by atoms with van der Waals surface area (Å²) in [5, 5.41) is 4.64. The summed E-state index contributed by atoms with van der Waals surface area (Å²) in [5.74, 6) is 0. The van der Waals surface area contributed by atoms with Gasteiger partial charge in [-0.05, 0) is 56.3 Å². The van der Waals surface area contributed by atoms with Crippen molar-refractivity contribution in [3.8, 4) is 0 Å². The van der Waals surface area contributed by atoms with Crippen LogP contribution in [0.25, 0.3) is 0 Å². The van der Waals surface area contributed by atoms with Crippen molar-refractivity contribution in [3.63, 3.8) is 0 Å². The lowest BCUT2D eigenvalue weighted by Crippen LogP contribution is -2.32. The molecule has 0 radical (unpaired) electrons. The van der Waals surface area contributed by atoms with Crippen molar-refractivity contribution in [3.05, 3.63) is 70.8 Å². The minimum atomic E-state index is 0.661. The highest BCUT2D eigenvalue weighted by molar-refractivity contribution is 6.14. The average Bonchev–Trinajstić information content (AvgIpc) is 2.69. The molecule has 0 saturated carbocycles. The van der Waals surface area contributed by atoms with Crippen LogP contribution < -0.4 is 0 Å². The van der Waals surface area contributed by atoms with Crippen LogP contribution in [0.2, 0.25) is 0 Å². The molecule has 2 aromatic carbocycles. The van der Waals surface area contributed by atoms with Crippen molar-refractivity contribution in [1.82, 2.24) is 4.90 Å².